The molecule has 1 aromatic heterocycles. The van der Waals surface area contributed by atoms with Gasteiger partial charge >= 0.3 is 0 Å². The number of amides is 1. The monoisotopic (exact) mass is 460 g/mol. The Kier molecular flexibility index (Phi) is 7.48. The topological polar surface area (TPSA) is 84.3 Å². The number of carbonyl (C=O) groups excluding carboxylic acids is 1. The van der Waals surface area contributed by atoms with Crippen molar-refractivity contribution >= 4 is 27.5 Å². The number of halogens is 1. The molecular weight excluding hydrogens is 436 g/mol. The van der Waals surface area contributed by atoms with E-state index in [0.29, 0.717) is 30.2 Å². The minimum Gasteiger partial charge on any atom is -0.348 e. The Balaban J connectivity index is 1.60. The van der Waals surface area contributed by atoms with Gasteiger partial charge in [0.2, 0.25) is 10.0 Å². The molecule has 0 aliphatic carbocycles. The second kappa shape index (κ2) is 10.1. The molecule has 0 radical (unpaired) electrons. The number of aromatic nitrogens is 2. The lowest BCUT2D eigenvalue weighted by Crippen LogP contribution is -2.30. The van der Waals surface area contributed by atoms with E-state index in [1.165, 1.54) is 10.5 Å². The second-order valence-electron chi connectivity index (χ2n) is 6.93. The summed E-state index contributed by atoms with van der Waals surface area (Å²) in [6.45, 7) is 5.19. The van der Waals surface area contributed by atoms with Gasteiger partial charge in [-0.1, -0.05) is 55.8 Å². The van der Waals surface area contributed by atoms with Crippen molar-refractivity contribution < 1.29 is 13.2 Å². The minimum absolute atomic E-state index is 0.243. The number of rotatable bonds is 9. The molecule has 164 valence electrons. The molecule has 0 saturated heterocycles. The van der Waals surface area contributed by atoms with Gasteiger partial charge in [0.25, 0.3) is 5.91 Å². The number of hydrogen-bond acceptors (Lipinski definition) is 4. The fourth-order valence-corrected chi connectivity index (χ4v) is 4.80. The van der Waals surface area contributed by atoms with Crippen LogP contribution >= 0.6 is 11.6 Å². The van der Waals surface area contributed by atoms with Gasteiger partial charge in [0.05, 0.1) is 23.2 Å². The predicted octanol–water partition coefficient (Wildman–Crippen LogP) is 3.55. The summed E-state index contributed by atoms with van der Waals surface area (Å²) in [6, 6.07) is 14.0. The molecule has 0 aliphatic heterocycles. The van der Waals surface area contributed by atoms with Gasteiger partial charge in [-0.25, -0.2) is 8.42 Å². The van der Waals surface area contributed by atoms with E-state index in [0.717, 1.165) is 11.1 Å². The number of sulfonamides is 1. The van der Waals surface area contributed by atoms with Crippen molar-refractivity contribution in [2.75, 3.05) is 13.1 Å². The van der Waals surface area contributed by atoms with Crippen LogP contribution < -0.4 is 5.32 Å². The van der Waals surface area contributed by atoms with E-state index in [4.69, 9.17) is 11.6 Å². The molecule has 31 heavy (non-hydrogen) atoms. The first-order valence-corrected chi connectivity index (χ1v) is 11.8. The van der Waals surface area contributed by atoms with Gasteiger partial charge in [0.1, 0.15) is 0 Å². The molecule has 3 aromatic rings. The normalized spacial score (nSPS) is 11.6. The van der Waals surface area contributed by atoms with Crippen molar-refractivity contribution in [2.45, 2.75) is 31.8 Å². The highest BCUT2D eigenvalue weighted by molar-refractivity contribution is 7.89. The molecule has 3 rings (SSSR count). The molecule has 0 saturated carbocycles. The molecule has 0 atom stereocenters. The summed E-state index contributed by atoms with van der Waals surface area (Å²) in [5.41, 5.74) is 2.15. The van der Waals surface area contributed by atoms with Gasteiger partial charge in [-0.3, -0.25) is 9.48 Å². The largest absolute Gasteiger partial charge is 0.348 e. The first-order chi connectivity index (χ1) is 14.8. The van der Waals surface area contributed by atoms with E-state index in [2.05, 4.69) is 10.4 Å². The molecule has 0 fully saturated rings. The summed E-state index contributed by atoms with van der Waals surface area (Å²) in [4.78, 5) is 12.7. The summed E-state index contributed by atoms with van der Waals surface area (Å²) < 4.78 is 28.2. The summed E-state index contributed by atoms with van der Waals surface area (Å²) in [5, 5.41) is 7.70. The first kappa shape index (κ1) is 23.0. The van der Waals surface area contributed by atoms with Crippen LogP contribution in [0.15, 0.2) is 65.8 Å². The van der Waals surface area contributed by atoms with Crippen molar-refractivity contribution in [3.05, 3.63) is 82.6 Å². The SMILES string of the molecule is CCN(CC)S(=O)(=O)c1ccc(CNC(=O)c2cnn(Cc3ccccc3Cl)c2)cc1. The fourth-order valence-electron chi connectivity index (χ4n) is 3.14. The Morgan fingerprint density at radius 2 is 1.77 bits per heavy atom. The van der Waals surface area contributed by atoms with E-state index in [1.54, 1.807) is 35.1 Å². The molecule has 0 spiro atoms. The van der Waals surface area contributed by atoms with Gasteiger partial charge in [-0.2, -0.15) is 9.40 Å². The van der Waals surface area contributed by atoms with Gasteiger partial charge in [-0.05, 0) is 29.3 Å². The standard InChI is InChI=1S/C22H25ClN4O3S/c1-3-27(4-2)31(29,30)20-11-9-17(10-12-20)13-24-22(28)19-14-25-26(16-19)15-18-7-5-6-8-21(18)23/h5-12,14,16H,3-4,13,15H2,1-2H3,(H,24,28). The van der Waals surface area contributed by atoms with Crippen LogP contribution in [0.4, 0.5) is 0 Å². The second-order valence-corrected chi connectivity index (χ2v) is 9.28. The van der Waals surface area contributed by atoms with Crippen LogP contribution in [0.2, 0.25) is 5.02 Å². The molecule has 2 aromatic carbocycles. The molecule has 1 heterocycles. The third-order valence-electron chi connectivity index (χ3n) is 4.91. The molecule has 0 aliphatic rings. The first-order valence-electron chi connectivity index (χ1n) is 9.98. The Morgan fingerprint density at radius 3 is 2.42 bits per heavy atom. The molecule has 0 unspecified atom stereocenters. The third kappa shape index (κ3) is 5.52. The zero-order valence-corrected chi connectivity index (χ0v) is 19.0. The molecular formula is C22H25ClN4O3S. The average molecular weight is 461 g/mol. The summed E-state index contributed by atoms with van der Waals surface area (Å²) in [6.07, 6.45) is 3.17. The Labute approximate surface area is 187 Å². The number of benzene rings is 2. The van der Waals surface area contributed by atoms with Crippen molar-refractivity contribution in [3.63, 3.8) is 0 Å². The highest BCUT2D eigenvalue weighted by Crippen LogP contribution is 2.17. The predicted molar refractivity (Wildman–Crippen MR) is 120 cm³/mol. The Hall–Kier alpha value is -2.68. The average Bonchev–Trinajstić information content (AvgIpc) is 3.23. The van der Waals surface area contributed by atoms with Gasteiger partial charge < -0.3 is 5.32 Å². The number of carbonyl (C=O) groups is 1. The molecule has 9 heteroatoms. The van der Waals surface area contributed by atoms with Crippen LogP contribution in [0.1, 0.15) is 35.3 Å². The van der Waals surface area contributed by atoms with E-state index in [1.807, 2.05) is 38.1 Å². The molecule has 1 amide bonds. The molecule has 7 nitrogen and oxygen atoms in total. The lowest BCUT2D eigenvalue weighted by molar-refractivity contribution is 0.0951. The minimum atomic E-state index is -3.49. The van der Waals surface area contributed by atoms with Crippen LogP contribution in [0, 0.1) is 0 Å². The van der Waals surface area contributed by atoms with Crippen molar-refractivity contribution in [1.29, 1.82) is 0 Å². The van der Waals surface area contributed by atoms with E-state index in [9.17, 15) is 13.2 Å². The fraction of sp³-hybridized carbons (Fsp3) is 0.273. The maximum absolute atomic E-state index is 12.5. The number of nitrogens with zero attached hydrogens (tertiary/aromatic N) is 3. The zero-order chi connectivity index (χ0) is 22.4. The number of hydrogen-bond donors (Lipinski definition) is 1. The van der Waals surface area contributed by atoms with Crippen molar-refractivity contribution in [1.82, 2.24) is 19.4 Å². The molecule has 0 bridgehead atoms. The number of nitrogens with one attached hydrogen (secondary N) is 1. The van der Waals surface area contributed by atoms with Crippen molar-refractivity contribution in [2.24, 2.45) is 0 Å². The quantitative estimate of drug-likeness (QED) is 0.529. The van der Waals surface area contributed by atoms with Gasteiger partial charge in [0, 0.05) is 30.9 Å². The summed E-state index contributed by atoms with van der Waals surface area (Å²) >= 11 is 6.17. The van der Waals surface area contributed by atoms with Crippen LogP contribution in [-0.4, -0.2) is 41.5 Å². The zero-order valence-electron chi connectivity index (χ0n) is 17.5. The van der Waals surface area contributed by atoms with Crippen LogP contribution in [0.3, 0.4) is 0 Å². The lowest BCUT2D eigenvalue weighted by Gasteiger charge is -2.18. The van der Waals surface area contributed by atoms with E-state index < -0.39 is 10.0 Å². The maximum atomic E-state index is 12.5. The van der Waals surface area contributed by atoms with E-state index in [-0.39, 0.29) is 17.3 Å². The summed E-state index contributed by atoms with van der Waals surface area (Å²) in [7, 11) is -3.49. The molecule has 1 N–H and O–H groups in total. The van der Waals surface area contributed by atoms with Crippen LogP contribution in [0.25, 0.3) is 0 Å². The van der Waals surface area contributed by atoms with Crippen molar-refractivity contribution in [3.8, 4) is 0 Å². The lowest BCUT2D eigenvalue weighted by atomic mass is 10.2. The highest BCUT2D eigenvalue weighted by Gasteiger charge is 2.21. The Morgan fingerprint density at radius 1 is 1.10 bits per heavy atom. The third-order valence-corrected chi connectivity index (χ3v) is 7.34. The maximum Gasteiger partial charge on any atom is 0.254 e. The van der Waals surface area contributed by atoms with E-state index >= 15 is 0 Å². The summed E-state index contributed by atoms with van der Waals surface area (Å²) in [5.74, 6) is -0.259. The smallest absolute Gasteiger partial charge is 0.254 e. The van der Waals surface area contributed by atoms with Crippen LogP contribution in [-0.2, 0) is 23.1 Å². The van der Waals surface area contributed by atoms with Gasteiger partial charge in [-0.15, -0.1) is 0 Å². The Bertz CT molecular complexity index is 1140. The van der Waals surface area contributed by atoms with Gasteiger partial charge in [0.15, 0.2) is 0 Å². The van der Waals surface area contributed by atoms with Crippen LogP contribution in [0.5, 0.6) is 0 Å². The highest BCUT2D eigenvalue weighted by atomic mass is 35.5.